The highest BCUT2D eigenvalue weighted by Gasteiger charge is 2.34. The van der Waals surface area contributed by atoms with E-state index >= 15 is 0 Å². The van der Waals surface area contributed by atoms with E-state index in [4.69, 9.17) is 4.74 Å². The van der Waals surface area contributed by atoms with Crippen LogP contribution in [0.15, 0.2) is 12.3 Å². The van der Waals surface area contributed by atoms with Crippen LogP contribution in [-0.2, 0) is 4.79 Å². The van der Waals surface area contributed by atoms with Gasteiger partial charge in [0.25, 0.3) is 5.91 Å². The highest BCUT2D eigenvalue weighted by Crippen LogP contribution is 2.44. The largest absolute Gasteiger partial charge is 0.484 e. The van der Waals surface area contributed by atoms with Crippen molar-refractivity contribution in [1.29, 1.82) is 0 Å². The molecular formula is C18H24F3N3O3. The monoisotopic (exact) mass is 387 g/mol. The van der Waals surface area contributed by atoms with Gasteiger partial charge in [-0.15, -0.1) is 0 Å². The number of halogens is 3. The van der Waals surface area contributed by atoms with E-state index in [0.717, 1.165) is 12.8 Å². The van der Waals surface area contributed by atoms with Crippen LogP contribution in [0.2, 0.25) is 0 Å². The van der Waals surface area contributed by atoms with E-state index in [1.807, 2.05) is 0 Å². The van der Waals surface area contributed by atoms with Crippen LogP contribution in [0.1, 0.15) is 55.6 Å². The summed E-state index contributed by atoms with van der Waals surface area (Å²) in [5.41, 5.74) is -0.108. The minimum atomic E-state index is -4.48. The Hall–Kier alpha value is -2.32. The standard InChI is InChI=1S/C18H24F3N3O3/c1-17(2,3)14(16(26)22-4)24-15(25)12-7-13(27-9-18(19,20)21)11(8-23-12)10-5-6-10/h7-8,10,14H,5-6,9H2,1-4H3,(H,22,26)(H,24,25)/t14-/m1/s1. The van der Waals surface area contributed by atoms with Crippen molar-refractivity contribution < 1.29 is 27.5 Å². The predicted octanol–water partition coefficient (Wildman–Crippen LogP) is 2.79. The summed E-state index contributed by atoms with van der Waals surface area (Å²) in [5.74, 6) is -0.926. The van der Waals surface area contributed by atoms with Crippen LogP contribution in [0.5, 0.6) is 5.75 Å². The Bertz CT molecular complexity index is 710. The molecule has 1 aromatic heterocycles. The summed E-state index contributed by atoms with van der Waals surface area (Å²) >= 11 is 0. The first-order valence-corrected chi connectivity index (χ1v) is 8.64. The van der Waals surface area contributed by atoms with Crippen LogP contribution in [0, 0.1) is 5.41 Å². The van der Waals surface area contributed by atoms with Crippen molar-refractivity contribution in [3.8, 4) is 5.75 Å². The van der Waals surface area contributed by atoms with Gasteiger partial charge in [0.1, 0.15) is 17.5 Å². The summed E-state index contributed by atoms with van der Waals surface area (Å²) < 4.78 is 42.5. The number of pyridine rings is 1. The van der Waals surface area contributed by atoms with Crippen molar-refractivity contribution >= 4 is 11.8 Å². The van der Waals surface area contributed by atoms with E-state index in [2.05, 4.69) is 15.6 Å². The van der Waals surface area contributed by atoms with Crippen molar-refractivity contribution in [1.82, 2.24) is 15.6 Å². The molecule has 0 aliphatic heterocycles. The van der Waals surface area contributed by atoms with Gasteiger partial charge in [0, 0.05) is 24.9 Å². The number of hydrogen-bond acceptors (Lipinski definition) is 4. The highest BCUT2D eigenvalue weighted by atomic mass is 19.4. The lowest BCUT2D eigenvalue weighted by molar-refractivity contribution is -0.153. The van der Waals surface area contributed by atoms with Gasteiger partial charge in [0.2, 0.25) is 5.91 Å². The van der Waals surface area contributed by atoms with Crippen molar-refractivity contribution in [3.63, 3.8) is 0 Å². The first-order chi connectivity index (χ1) is 12.4. The summed E-state index contributed by atoms with van der Waals surface area (Å²) in [6, 6.07) is 0.373. The molecule has 0 radical (unpaired) electrons. The molecule has 1 fully saturated rings. The van der Waals surface area contributed by atoms with Crippen LogP contribution < -0.4 is 15.4 Å². The van der Waals surface area contributed by atoms with Gasteiger partial charge in [-0.3, -0.25) is 14.6 Å². The molecule has 1 aliphatic rings. The molecule has 1 atom stereocenters. The zero-order valence-electron chi connectivity index (χ0n) is 15.7. The van der Waals surface area contributed by atoms with Crippen molar-refractivity contribution in [2.24, 2.45) is 5.41 Å². The molecule has 0 bridgehead atoms. The van der Waals surface area contributed by atoms with Crippen LogP contribution in [0.3, 0.4) is 0 Å². The molecule has 2 amide bonds. The van der Waals surface area contributed by atoms with E-state index in [1.165, 1.54) is 19.3 Å². The van der Waals surface area contributed by atoms with Gasteiger partial charge >= 0.3 is 6.18 Å². The van der Waals surface area contributed by atoms with E-state index in [-0.39, 0.29) is 23.3 Å². The number of ether oxygens (including phenoxy) is 1. The average Bonchev–Trinajstić information content (AvgIpc) is 3.39. The highest BCUT2D eigenvalue weighted by molar-refractivity contribution is 5.96. The molecule has 27 heavy (non-hydrogen) atoms. The molecule has 2 rings (SSSR count). The normalized spacial score (nSPS) is 15.8. The number of rotatable bonds is 6. The van der Waals surface area contributed by atoms with Crippen molar-refractivity contribution in [3.05, 3.63) is 23.5 Å². The topological polar surface area (TPSA) is 80.3 Å². The fourth-order valence-electron chi connectivity index (χ4n) is 2.58. The summed E-state index contributed by atoms with van der Waals surface area (Å²) in [5, 5.41) is 5.08. The number of nitrogens with zero attached hydrogens (tertiary/aromatic N) is 1. The smallest absolute Gasteiger partial charge is 0.422 e. The van der Waals surface area contributed by atoms with Gasteiger partial charge in [0.15, 0.2) is 6.61 Å². The quantitative estimate of drug-likeness (QED) is 0.787. The zero-order valence-corrected chi connectivity index (χ0v) is 15.7. The van der Waals surface area contributed by atoms with E-state index < -0.39 is 30.1 Å². The molecular weight excluding hydrogens is 363 g/mol. The Balaban J connectivity index is 2.23. The van der Waals surface area contributed by atoms with Gasteiger partial charge in [-0.25, -0.2) is 0 Å². The minimum absolute atomic E-state index is 0.00206. The lowest BCUT2D eigenvalue weighted by Gasteiger charge is -2.29. The molecule has 1 aliphatic carbocycles. The molecule has 6 nitrogen and oxygen atoms in total. The Kier molecular flexibility index (Phi) is 6.01. The lowest BCUT2D eigenvalue weighted by atomic mass is 9.86. The molecule has 1 aromatic rings. The maximum atomic E-state index is 12.5. The maximum Gasteiger partial charge on any atom is 0.422 e. The Morgan fingerprint density at radius 3 is 2.41 bits per heavy atom. The van der Waals surface area contributed by atoms with Gasteiger partial charge in [-0.2, -0.15) is 13.2 Å². The second-order valence-electron chi connectivity index (χ2n) is 7.67. The number of carbonyl (C=O) groups is 2. The molecule has 1 saturated carbocycles. The number of hydrogen-bond donors (Lipinski definition) is 2. The molecule has 1 heterocycles. The first kappa shape index (κ1) is 21.0. The number of aromatic nitrogens is 1. The van der Waals surface area contributed by atoms with E-state index in [0.29, 0.717) is 5.56 Å². The van der Waals surface area contributed by atoms with Gasteiger partial charge in [-0.1, -0.05) is 20.8 Å². The second-order valence-corrected chi connectivity index (χ2v) is 7.67. The molecule has 0 saturated heterocycles. The zero-order chi connectivity index (χ0) is 20.4. The number of carbonyl (C=O) groups excluding carboxylic acids is 2. The van der Waals surface area contributed by atoms with Crippen molar-refractivity contribution in [2.45, 2.75) is 51.7 Å². The maximum absolute atomic E-state index is 12.5. The summed E-state index contributed by atoms with van der Waals surface area (Å²) in [6.45, 7) is 3.92. The Labute approximate surface area is 155 Å². The van der Waals surface area contributed by atoms with Crippen LogP contribution in [0.25, 0.3) is 0 Å². The Morgan fingerprint density at radius 2 is 1.93 bits per heavy atom. The lowest BCUT2D eigenvalue weighted by Crippen LogP contribution is -2.53. The third-order valence-electron chi connectivity index (χ3n) is 4.19. The number of nitrogens with one attached hydrogen (secondary N) is 2. The third-order valence-corrected chi connectivity index (χ3v) is 4.19. The summed E-state index contributed by atoms with van der Waals surface area (Å²) in [4.78, 5) is 28.7. The molecule has 2 N–H and O–H groups in total. The second kappa shape index (κ2) is 7.74. The summed E-state index contributed by atoms with van der Waals surface area (Å²) in [7, 11) is 1.46. The Morgan fingerprint density at radius 1 is 1.30 bits per heavy atom. The van der Waals surface area contributed by atoms with E-state index in [1.54, 1.807) is 20.8 Å². The predicted molar refractivity (Wildman–Crippen MR) is 92.5 cm³/mol. The van der Waals surface area contributed by atoms with Crippen molar-refractivity contribution in [2.75, 3.05) is 13.7 Å². The fraction of sp³-hybridized carbons (Fsp3) is 0.611. The molecule has 9 heteroatoms. The third kappa shape index (κ3) is 5.83. The molecule has 150 valence electrons. The fourth-order valence-corrected chi connectivity index (χ4v) is 2.58. The van der Waals surface area contributed by atoms with Gasteiger partial charge in [-0.05, 0) is 24.2 Å². The summed E-state index contributed by atoms with van der Waals surface area (Å²) in [6.07, 6.45) is -1.41. The molecule has 0 unspecified atom stereocenters. The SMILES string of the molecule is CNC(=O)[C@@H](NC(=O)c1cc(OCC(F)(F)F)c(C2CC2)cn1)C(C)(C)C. The van der Waals surface area contributed by atoms with Crippen LogP contribution in [0.4, 0.5) is 13.2 Å². The van der Waals surface area contributed by atoms with E-state index in [9.17, 15) is 22.8 Å². The average molecular weight is 387 g/mol. The first-order valence-electron chi connectivity index (χ1n) is 8.64. The van der Waals surface area contributed by atoms with Gasteiger partial charge in [0.05, 0.1) is 0 Å². The molecule has 0 spiro atoms. The molecule has 0 aromatic carbocycles. The number of amides is 2. The van der Waals surface area contributed by atoms with Crippen LogP contribution >= 0.6 is 0 Å². The minimum Gasteiger partial charge on any atom is -0.484 e. The van der Waals surface area contributed by atoms with Crippen LogP contribution in [-0.4, -0.2) is 42.7 Å². The van der Waals surface area contributed by atoms with Gasteiger partial charge < -0.3 is 15.4 Å². The number of likely N-dealkylation sites (N-methyl/N-ethyl adjacent to an activating group) is 1. The number of alkyl halides is 3.